The van der Waals surface area contributed by atoms with Gasteiger partial charge in [0.1, 0.15) is 7.85 Å². The molecule has 1 nitrogen and oxygen atoms in total. The van der Waals surface area contributed by atoms with Crippen LogP contribution >= 0.6 is 0 Å². The molecule has 0 bridgehead atoms. The average Bonchev–Trinajstić information content (AvgIpc) is 1.97. The van der Waals surface area contributed by atoms with E-state index in [-0.39, 0.29) is 0 Å². The Morgan fingerprint density at radius 3 is 1.64 bits per heavy atom. The minimum atomic E-state index is -1.75. The van der Waals surface area contributed by atoms with Crippen LogP contribution in [-0.4, -0.2) is 12.8 Å². The van der Waals surface area contributed by atoms with Crippen molar-refractivity contribution in [3.05, 3.63) is 23.5 Å². The number of halogens is 4. The van der Waals surface area contributed by atoms with E-state index in [0.29, 0.717) is 0 Å². The van der Waals surface area contributed by atoms with E-state index >= 15 is 0 Å². The van der Waals surface area contributed by atoms with Gasteiger partial charge < -0.3 is 0 Å². The van der Waals surface area contributed by atoms with Gasteiger partial charge in [-0.1, -0.05) is 0 Å². The standard InChI is InChI=1S/C5BF4N/c6-1-2(7)4(9)11-5(10)3(1)8. The van der Waals surface area contributed by atoms with Gasteiger partial charge in [-0.25, -0.2) is 8.78 Å². The Morgan fingerprint density at radius 2 is 1.27 bits per heavy atom. The number of aromatic nitrogens is 1. The maximum atomic E-state index is 12.2. The van der Waals surface area contributed by atoms with E-state index in [1.165, 1.54) is 0 Å². The normalized spacial score (nSPS) is 10.2. The average molecular weight is 161 g/mol. The molecule has 0 unspecified atom stereocenters. The van der Waals surface area contributed by atoms with Gasteiger partial charge in [0.15, 0.2) is 11.6 Å². The third kappa shape index (κ3) is 1.20. The lowest BCUT2D eigenvalue weighted by molar-refractivity contribution is 0.414. The summed E-state index contributed by atoms with van der Waals surface area (Å²) >= 11 is 0. The molecule has 0 amide bonds. The second-order valence-electron chi connectivity index (χ2n) is 1.74. The van der Waals surface area contributed by atoms with E-state index in [4.69, 9.17) is 0 Å². The van der Waals surface area contributed by atoms with Crippen LogP contribution in [0.3, 0.4) is 0 Å². The summed E-state index contributed by atoms with van der Waals surface area (Å²) in [7, 11) is 4.61. The van der Waals surface area contributed by atoms with Crippen molar-refractivity contribution < 1.29 is 17.6 Å². The summed E-state index contributed by atoms with van der Waals surface area (Å²) in [4.78, 5) is 2.27. The van der Waals surface area contributed by atoms with Gasteiger partial charge in [0.05, 0.1) is 0 Å². The molecule has 0 aliphatic carbocycles. The highest BCUT2D eigenvalue weighted by atomic mass is 19.2. The van der Waals surface area contributed by atoms with Gasteiger partial charge in [-0.05, 0) is 5.46 Å². The van der Waals surface area contributed by atoms with Crippen LogP contribution in [0.25, 0.3) is 0 Å². The molecule has 0 fully saturated rings. The monoisotopic (exact) mass is 161 g/mol. The Bertz CT molecular complexity index is 275. The minimum absolute atomic E-state index is 1.20. The van der Waals surface area contributed by atoms with Crippen molar-refractivity contribution in [1.82, 2.24) is 4.98 Å². The van der Waals surface area contributed by atoms with Gasteiger partial charge >= 0.3 is 0 Å². The van der Waals surface area contributed by atoms with Gasteiger partial charge in [-0.15, -0.1) is 0 Å². The Balaban J connectivity index is 3.46. The van der Waals surface area contributed by atoms with Gasteiger partial charge in [0.2, 0.25) is 0 Å². The van der Waals surface area contributed by atoms with Crippen molar-refractivity contribution in [2.75, 3.05) is 0 Å². The van der Waals surface area contributed by atoms with Gasteiger partial charge in [-0.3, -0.25) is 0 Å². The number of rotatable bonds is 0. The van der Waals surface area contributed by atoms with Crippen LogP contribution in [0.15, 0.2) is 0 Å². The second kappa shape index (κ2) is 2.52. The molecule has 56 valence electrons. The smallest absolute Gasteiger partial charge is 0.202 e. The van der Waals surface area contributed by atoms with E-state index in [9.17, 15) is 17.6 Å². The van der Waals surface area contributed by atoms with Crippen LogP contribution in [0.2, 0.25) is 0 Å². The van der Waals surface area contributed by atoms with Gasteiger partial charge in [-0.2, -0.15) is 13.8 Å². The van der Waals surface area contributed by atoms with Crippen molar-refractivity contribution in [3.8, 4) is 0 Å². The highest BCUT2D eigenvalue weighted by Crippen LogP contribution is 2.04. The van der Waals surface area contributed by atoms with E-state index < -0.39 is 29.0 Å². The summed E-state index contributed by atoms with van der Waals surface area (Å²) in [5, 5.41) is 0. The fourth-order valence-corrected chi connectivity index (χ4v) is 0.503. The van der Waals surface area contributed by atoms with Gasteiger partial charge in [0, 0.05) is 0 Å². The fraction of sp³-hybridized carbons (Fsp3) is 0. The molecule has 0 aliphatic rings. The number of nitrogens with zero attached hydrogens (tertiary/aromatic N) is 1. The first-order valence-corrected chi connectivity index (χ1v) is 2.49. The third-order valence-corrected chi connectivity index (χ3v) is 1.03. The molecule has 0 aliphatic heterocycles. The molecule has 0 saturated heterocycles. The lowest BCUT2D eigenvalue weighted by atomic mass is 9.96. The molecule has 0 spiro atoms. The summed E-state index contributed by atoms with van der Waals surface area (Å²) in [5.41, 5.74) is -1.20. The maximum absolute atomic E-state index is 12.2. The number of hydrogen-bond acceptors (Lipinski definition) is 1. The predicted octanol–water partition coefficient (Wildman–Crippen LogP) is 0.432. The van der Waals surface area contributed by atoms with Crippen LogP contribution < -0.4 is 5.46 Å². The first-order chi connectivity index (χ1) is 5.04. The Hall–Kier alpha value is -1.07. The molecule has 1 heterocycles. The lowest BCUT2D eigenvalue weighted by Gasteiger charge is -1.98. The van der Waals surface area contributed by atoms with E-state index in [1.807, 2.05) is 0 Å². The molecular formula is C5BF4N. The summed E-state index contributed by atoms with van der Waals surface area (Å²) in [6.45, 7) is 0. The van der Waals surface area contributed by atoms with Crippen LogP contribution in [-0.2, 0) is 0 Å². The Labute approximate surface area is 60.5 Å². The Kier molecular flexibility index (Phi) is 1.84. The van der Waals surface area contributed by atoms with Crippen molar-refractivity contribution in [1.29, 1.82) is 0 Å². The van der Waals surface area contributed by atoms with Crippen LogP contribution in [0, 0.1) is 23.5 Å². The van der Waals surface area contributed by atoms with Crippen molar-refractivity contribution >= 4 is 13.3 Å². The topological polar surface area (TPSA) is 12.9 Å². The van der Waals surface area contributed by atoms with Crippen molar-refractivity contribution in [2.24, 2.45) is 0 Å². The SMILES string of the molecule is [B]c1c(F)c(F)nc(F)c1F. The van der Waals surface area contributed by atoms with Crippen molar-refractivity contribution in [2.45, 2.75) is 0 Å². The molecule has 1 rings (SSSR count). The summed E-state index contributed by atoms with van der Waals surface area (Å²) in [6.07, 6.45) is 0. The highest BCUT2D eigenvalue weighted by molar-refractivity contribution is 6.32. The Morgan fingerprint density at radius 1 is 0.909 bits per heavy atom. The molecule has 0 saturated carbocycles. The lowest BCUT2D eigenvalue weighted by Crippen LogP contribution is -2.20. The molecule has 0 atom stereocenters. The van der Waals surface area contributed by atoms with E-state index in [1.54, 1.807) is 0 Å². The van der Waals surface area contributed by atoms with Gasteiger partial charge in [0.25, 0.3) is 11.9 Å². The minimum Gasteiger partial charge on any atom is -0.202 e. The molecule has 11 heavy (non-hydrogen) atoms. The summed E-state index contributed by atoms with van der Waals surface area (Å²) < 4.78 is 48.5. The number of hydrogen-bond donors (Lipinski definition) is 0. The molecule has 1 aromatic heterocycles. The molecule has 0 N–H and O–H groups in total. The molecule has 1 aromatic rings. The fourth-order valence-electron chi connectivity index (χ4n) is 0.503. The number of pyridine rings is 1. The quantitative estimate of drug-likeness (QED) is 0.305. The van der Waals surface area contributed by atoms with Crippen LogP contribution in [0.5, 0.6) is 0 Å². The van der Waals surface area contributed by atoms with Crippen molar-refractivity contribution in [3.63, 3.8) is 0 Å². The summed E-state index contributed by atoms with van der Waals surface area (Å²) in [5.74, 6) is -6.85. The van der Waals surface area contributed by atoms with E-state index in [0.717, 1.165) is 0 Å². The largest absolute Gasteiger partial charge is 0.251 e. The molecule has 6 heteroatoms. The zero-order valence-corrected chi connectivity index (χ0v) is 5.04. The predicted molar refractivity (Wildman–Crippen MR) is 29.5 cm³/mol. The molecule has 2 radical (unpaired) electrons. The first kappa shape index (κ1) is 8.04. The first-order valence-electron chi connectivity index (χ1n) is 2.49. The zero-order valence-electron chi connectivity index (χ0n) is 5.04. The zero-order chi connectivity index (χ0) is 8.59. The second-order valence-corrected chi connectivity index (χ2v) is 1.74. The highest BCUT2D eigenvalue weighted by Gasteiger charge is 2.15. The third-order valence-electron chi connectivity index (χ3n) is 1.03. The summed E-state index contributed by atoms with van der Waals surface area (Å²) in [6, 6.07) is 0. The van der Waals surface area contributed by atoms with Crippen LogP contribution in [0.1, 0.15) is 0 Å². The molecular weight excluding hydrogens is 161 g/mol. The maximum Gasteiger partial charge on any atom is 0.251 e. The van der Waals surface area contributed by atoms with E-state index in [2.05, 4.69) is 12.8 Å². The molecule has 0 aromatic carbocycles. The van der Waals surface area contributed by atoms with Crippen LogP contribution in [0.4, 0.5) is 17.6 Å².